The highest BCUT2D eigenvalue weighted by Crippen LogP contribution is 2.28. The molecule has 0 saturated heterocycles. The van der Waals surface area contributed by atoms with E-state index >= 15 is 0 Å². The van der Waals surface area contributed by atoms with Gasteiger partial charge in [-0.1, -0.05) is 17.8 Å². The third-order valence-corrected chi connectivity index (χ3v) is 5.96. The van der Waals surface area contributed by atoms with Gasteiger partial charge in [0.25, 0.3) is 11.6 Å². The van der Waals surface area contributed by atoms with Gasteiger partial charge in [-0.2, -0.15) is 0 Å². The zero-order chi connectivity index (χ0) is 22.7. The van der Waals surface area contributed by atoms with Crippen molar-refractivity contribution in [2.75, 3.05) is 24.3 Å². The molecule has 32 heavy (non-hydrogen) atoms. The first kappa shape index (κ1) is 21.5. The van der Waals surface area contributed by atoms with Crippen LogP contribution < -0.4 is 9.64 Å². The van der Waals surface area contributed by atoms with Crippen molar-refractivity contribution in [3.05, 3.63) is 69.8 Å². The number of aromatic nitrogens is 3. The highest BCUT2D eigenvalue weighted by molar-refractivity contribution is 7.99. The summed E-state index contributed by atoms with van der Waals surface area (Å²) in [4.78, 5) is 37.5. The molecule has 0 atom stereocenters. The molecule has 0 unspecified atom stereocenters. The molecule has 2 heterocycles. The van der Waals surface area contributed by atoms with Crippen molar-refractivity contribution in [3.8, 4) is 5.75 Å². The van der Waals surface area contributed by atoms with Crippen molar-refractivity contribution in [2.24, 2.45) is 0 Å². The predicted octanol–water partition coefficient (Wildman–Crippen LogP) is 3.22. The van der Waals surface area contributed by atoms with Gasteiger partial charge in [0.15, 0.2) is 10.9 Å². The van der Waals surface area contributed by atoms with Gasteiger partial charge in [-0.15, -0.1) is 10.2 Å². The maximum Gasteiger partial charge on any atom is 0.270 e. The standard InChI is InChI=1S/C21H19N5O5S/c1-31-17-8-6-14(7-9-17)18(27)13-32-21-23-22-20-24(10-3-11-25(20)21)19(28)15-4-2-5-16(12-15)26(29)30/h2,4-9,12H,3,10-11,13H2,1H3. The third-order valence-electron chi connectivity index (χ3n) is 5.00. The lowest BCUT2D eigenvalue weighted by Crippen LogP contribution is -2.38. The second-order valence-corrected chi connectivity index (χ2v) is 7.93. The highest BCUT2D eigenvalue weighted by atomic mass is 32.2. The monoisotopic (exact) mass is 453 g/mol. The minimum absolute atomic E-state index is 0.0599. The van der Waals surface area contributed by atoms with Crippen LogP contribution in [0.1, 0.15) is 27.1 Å². The average molecular weight is 453 g/mol. The summed E-state index contributed by atoms with van der Waals surface area (Å²) in [6.45, 7) is 1.04. The molecule has 0 radical (unpaired) electrons. The maximum absolute atomic E-state index is 13.0. The first-order valence-corrected chi connectivity index (χ1v) is 10.8. The van der Waals surface area contributed by atoms with Crippen LogP contribution in [0.15, 0.2) is 53.7 Å². The van der Waals surface area contributed by atoms with E-state index < -0.39 is 4.92 Å². The number of nitrogens with zero attached hydrogens (tertiary/aromatic N) is 5. The molecule has 1 aromatic heterocycles. The van der Waals surface area contributed by atoms with Crippen LogP contribution in [-0.4, -0.2) is 50.8 Å². The molecule has 1 aliphatic heterocycles. The molecule has 0 aliphatic carbocycles. The van der Waals surface area contributed by atoms with Crippen molar-refractivity contribution >= 4 is 35.1 Å². The number of benzene rings is 2. The summed E-state index contributed by atoms with van der Waals surface area (Å²) >= 11 is 1.25. The van der Waals surface area contributed by atoms with Crippen LogP contribution >= 0.6 is 11.8 Å². The Morgan fingerprint density at radius 3 is 2.62 bits per heavy atom. The Labute approximate surface area is 187 Å². The average Bonchev–Trinajstić information content (AvgIpc) is 3.25. The van der Waals surface area contributed by atoms with Gasteiger partial charge in [0, 0.05) is 36.3 Å². The number of nitro benzene ring substituents is 1. The Morgan fingerprint density at radius 2 is 1.91 bits per heavy atom. The van der Waals surface area contributed by atoms with Crippen LogP contribution in [0.25, 0.3) is 0 Å². The second-order valence-electron chi connectivity index (χ2n) is 6.99. The van der Waals surface area contributed by atoms with E-state index in [0.29, 0.717) is 41.9 Å². The highest BCUT2D eigenvalue weighted by Gasteiger charge is 2.29. The number of non-ortho nitro benzene ring substituents is 1. The number of amides is 1. The Morgan fingerprint density at radius 1 is 1.12 bits per heavy atom. The lowest BCUT2D eigenvalue weighted by Gasteiger charge is -2.27. The quantitative estimate of drug-likeness (QED) is 0.231. The molecule has 164 valence electrons. The zero-order valence-electron chi connectivity index (χ0n) is 17.1. The van der Waals surface area contributed by atoms with E-state index in [-0.39, 0.29) is 28.7 Å². The minimum Gasteiger partial charge on any atom is -0.497 e. The van der Waals surface area contributed by atoms with Crippen molar-refractivity contribution in [1.29, 1.82) is 0 Å². The number of Topliss-reactive ketones (excluding diaryl/α,β-unsaturated/α-hetero) is 1. The van der Waals surface area contributed by atoms with E-state index in [4.69, 9.17) is 4.74 Å². The topological polar surface area (TPSA) is 120 Å². The molecule has 4 rings (SSSR count). The van der Waals surface area contributed by atoms with Gasteiger partial charge in [0.2, 0.25) is 5.95 Å². The number of nitro groups is 1. The van der Waals surface area contributed by atoms with Crippen LogP contribution in [0.4, 0.5) is 11.6 Å². The number of ketones is 1. The Hall–Kier alpha value is -3.73. The number of thioether (sulfide) groups is 1. The number of rotatable bonds is 7. The summed E-state index contributed by atoms with van der Waals surface area (Å²) in [5, 5.41) is 19.9. The normalized spacial score (nSPS) is 12.8. The lowest BCUT2D eigenvalue weighted by atomic mass is 10.1. The van der Waals surface area contributed by atoms with E-state index in [9.17, 15) is 19.7 Å². The molecule has 1 aliphatic rings. The molecular formula is C21H19N5O5S. The van der Waals surface area contributed by atoms with E-state index in [1.54, 1.807) is 35.9 Å². The molecule has 11 heteroatoms. The van der Waals surface area contributed by atoms with Crippen LogP contribution in [0.3, 0.4) is 0 Å². The lowest BCUT2D eigenvalue weighted by molar-refractivity contribution is -0.384. The summed E-state index contributed by atoms with van der Waals surface area (Å²) < 4.78 is 6.90. The van der Waals surface area contributed by atoms with Gasteiger partial charge < -0.3 is 4.74 Å². The van der Waals surface area contributed by atoms with Crippen molar-refractivity contribution < 1.29 is 19.2 Å². The number of fused-ring (bicyclic) bond motifs is 1. The number of anilines is 1. The van der Waals surface area contributed by atoms with Crippen LogP contribution in [0, 0.1) is 10.1 Å². The molecule has 10 nitrogen and oxygen atoms in total. The van der Waals surface area contributed by atoms with Gasteiger partial charge in [-0.05, 0) is 36.8 Å². The van der Waals surface area contributed by atoms with Crippen molar-refractivity contribution in [1.82, 2.24) is 14.8 Å². The molecule has 0 spiro atoms. The van der Waals surface area contributed by atoms with Crippen molar-refractivity contribution in [2.45, 2.75) is 18.1 Å². The molecule has 3 aromatic rings. The first-order chi connectivity index (χ1) is 15.5. The summed E-state index contributed by atoms with van der Waals surface area (Å²) in [6, 6.07) is 12.5. The fraction of sp³-hybridized carbons (Fsp3) is 0.238. The smallest absolute Gasteiger partial charge is 0.270 e. The Kier molecular flexibility index (Phi) is 6.17. The Bertz CT molecular complexity index is 1180. The van der Waals surface area contributed by atoms with E-state index in [1.165, 1.54) is 40.9 Å². The number of hydrogen-bond donors (Lipinski definition) is 0. The molecule has 0 saturated carbocycles. The maximum atomic E-state index is 13.0. The number of carbonyl (C=O) groups excluding carboxylic acids is 2. The van der Waals surface area contributed by atoms with Gasteiger partial charge in [0.05, 0.1) is 17.8 Å². The second kappa shape index (κ2) is 9.18. The van der Waals surface area contributed by atoms with Crippen LogP contribution in [-0.2, 0) is 6.54 Å². The Balaban J connectivity index is 1.49. The fourth-order valence-corrected chi connectivity index (χ4v) is 4.22. The minimum atomic E-state index is -0.538. The van der Waals surface area contributed by atoms with Gasteiger partial charge in [-0.3, -0.25) is 29.2 Å². The third kappa shape index (κ3) is 4.33. The first-order valence-electron chi connectivity index (χ1n) is 9.77. The molecule has 0 bridgehead atoms. The number of hydrogen-bond acceptors (Lipinski definition) is 8. The van der Waals surface area contributed by atoms with E-state index in [1.807, 2.05) is 0 Å². The molecule has 1 amide bonds. The molecular weight excluding hydrogens is 434 g/mol. The SMILES string of the molecule is COc1ccc(C(=O)CSc2nnc3n2CCCN3C(=O)c2cccc([N+](=O)[O-])c2)cc1. The fourth-order valence-electron chi connectivity index (χ4n) is 3.36. The summed E-state index contributed by atoms with van der Waals surface area (Å²) in [7, 11) is 1.56. The summed E-state index contributed by atoms with van der Waals surface area (Å²) in [6.07, 6.45) is 0.672. The van der Waals surface area contributed by atoms with Crippen molar-refractivity contribution in [3.63, 3.8) is 0 Å². The van der Waals surface area contributed by atoms with E-state index in [2.05, 4.69) is 10.2 Å². The summed E-state index contributed by atoms with van der Waals surface area (Å²) in [5.74, 6) is 0.771. The van der Waals surface area contributed by atoms with Crippen LogP contribution in [0.5, 0.6) is 5.75 Å². The summed E-state index contributed by atoms with van der Waals surface area (Å²) in [5.41, 5.74) is 0.626. The number of ether oxygens (including phenoxy) is 1. The van der Waals surface area contributed by atoms with E-state index in [0.717, 1.165) is 0 Å². The van der Waals surface area contributed by atoms with Crippen LogP contribution in [0.2, 0.25) is 0 Å². The zero-order valence-corrected chi connectivity index (χ0v) is 17.9. The predicted molar refractivity (Wildman–Crippen MR) is 117 cm³/mol. The van der Waals surface area contributed by atoms with Gasteiger partial charge >= 0.3 is 0 Å². The number of methoxy groups -OCH3 is 1. The largest absolute Gasteiger partial charge is 0.497 e. The molecule has 0 N–H and O–H groups in total. The van der Waals surface area contributed by atoms with Gasteiger partial charge in [-0.25, -0.2) is 0 Å². The number of carbonyl (C=O) groups is 2. The molecule has 0 fully saturated rings. The molecule has 2 aromatic carbocycles. The van der Waals surface area contributed by atoms with Gasteiger partial charge in [0.1, 0.15) is 5.75 Å².